The first-order valence-electron chi connectivity index (χ1n) is 6.77. The SMILES string of the molecule is O=C(CSCc1cccs1)NC1CCCC(C(=O)O)C1. The van der Waals surface area contributed by atoms with Gasteiger partial charge in [0, 0.05) is 16.7 Å². The first kappa shape index (κ1) is 15.4. The Labute approximate surface area is 127 Å². The molecule has 2 unspecified atom stereocenters. The van der Waals surface area contributed by atoms with Gasteiger partial charge in [0.1, 0.15) is 0 Å². The number of thiophene rings is 1. The lowest BCUT2D eigenvalue weighted by atomic mass is 9.86. The molecule has 1 aliphatic rings. The van der Waals surface area contributed by atoms with Crippen molar-refractivity contribution in [1.82, 2.24) is 5.32 Å². The molecule has 0 bridgehead atoms. The molecule has 0 radical (unpaired) electrons. The summed E-state index contributed by atoms with van der Waals surface area (Å²) >= 11 is 3.29. The van der Waals surface area contributed by atoms with E-state index in [4.69, 9.17) is 5.11 Å². The van der Waals surface area contributed by atoms with E-state index >= 15 is 0 Å². The third-order valence-electron chi connectivity index (χ3n) is 3.45. The maximum Gasteiger partial charge on any atom is 0.306 e. The molecule has 1 aromatic heterocycles. The highest BCUT2D eigenvalue weighted by molar-refractivity contribution is 7.99. The normalized spacial score (nSPS) is 22.4. The molecule has 0 saturated heterocycles. The first-order valence-corrected chi connectivity index (χ1v) is 8.81. The van der Waals surface area contributed by atoms with Crippen LogP contribution in [0.25, 0.3) is 0 Å². The van der Waals surface area contributed by atoms with E-state index in [-0.39, 0.29) is 17.9 Å². The molecule has 0 aromatic carbocycles. The van der Waals surface area contributed by atoms with Gasteiger partial charge in [0.2, 0.25) is 5.91 Å². The summed E-state index contributed by atoms with van der Waals surface area (Å²) < 4.78 is 0. The van der Waals surface area contributed by atoms with E-state index in [9.17, 15) is 9.59 Å². The highest BCUT2D eigenvalue weighted by Crippen LogP contribution is 2.24. The molecule has 20 heavy (non-hydrogen) atoms. The molecular formula is C14H19NO3S2. The maximum atomic E-state index is 11.8. The van der Waals surface area contributed by atoms with Gasteiger partial charge >= 0.3 is 5.97 Å². The van der Waals surface area contributed by atoms with Crippen LogP contribution in [-0.2, 0) is 15.3 Å². The van der Waals surface area contributed by atoms with E-state index in [2.05, 4.69) is 11.4 Å². The van der Waals surface area contributed by atoms with E-state index in [0.717, 1.165) is 25.0 Å². The molecule has 6 heteroatoms. The van der Waals surface area contributed by atoms with E-state index in [1.54, 1.807) is 23.1 Å². The molecule has 2 N–H and O–H groups in total. The molecule has 110 valence electrons. The molecule has 4 nitrogen and oxygen atoms in total. The van der Waals surface area contributed by atoms with Crippen LogP contribution in [0, 0.1) is 5.92 Å². The number of carboxylic acids is 1. The van der Waals surface area contributed by atoms with Gasteiger partial charge in [-0.1, -0.05) is 12.5 Å². The van der Waals surface area contributed by atoms with E-state index < -0.39 is 5.97 Å². The van der Waals surface area contributed by atoms with Crippen molar-refractivity contribution in [3.63, 3.8) is 0 Å². The summed E-state index contributed by atoms with van der Waals surface area (Å²) in [5.41, 5.74) is 0. The van der Waals surface area contributed by atoms with Gasteiger partial charge in [-0.25, -0.2) is 0 Å². The van der Waals surface area contributed by atoms with Gasteiger partial charge in [0.05, 0.1) is 11.7 Å². The molecule has 1 fully saturated rings. The molecule has 0 spiro atoms. The number of hydrogen-bond donors (Lipinski definition) is 2. The summed E-state index contributed by atoms with van der Waals surface area (Å²) in [4.78, 5) is 24.1. The minimum absolute atomic E-state index is 0.0163. The van der Waals surface area contributed by atoms with E-state index in [1.165, 1.54) is 4.88 Å². The van der Waals surface area contributed by atoms with E-state index in [1.807, 2.05) is 11.4 Å². The van der Waals surface area contributed by atoms with Gasteiger partial charge in [-0.05, 0) is 30.7 Å². The predicted molar refractivity (Wildman–Crippen MR) is 82.0 cm³/mol. The fourth-order valence-electron chi connectivity index (χ4n) is 2.45. The molecule has 1 aliphatic carbocycles. The summed E-state index contributed by atoms with van der Waals surface area (Å²) in [6.07, 6.45) is 3.07. The predicted octanol–water partition coefficient (Wildman–Crippen LogP) is 2.74. The molecule has 2 rings (SSSR count). The van der Waals surface area contributed by atoms with Gasteiger partial charge < -0.3 is 10.4 Å². The summed E-state index contributed by atoms with van der Waals surface area (Å²) in [7, 11) is 0. The van der Waals surface area contributed by atoms with Crippen molar-refractivity contribution in [3.8, 4) is 0 Å². The van der Waals surface area contributed by atoms with Crippen LogP contribution in [0.4, 0.5) is 0 Å². The molecular weight excluding hydrogens is 294 g/mol. The Balaban J connectivity index is 1.67. The second-order valence-corrected chi connectivity index (χ2v) is 7.06. The number of carboxylic acid groups (broad SMARTS) is 1. The zero-order chi connectivity index (χ0) is 14.4. The minimum atomic E-state index is -0.740. The Hall–Kier alpha value is -1.01. The monoisotopic (exact) mass is 313 g/mol. The Kier molecular flexibility index (Phi) is 5.91. The van der Waals surface area contributed by atoms with Crippen LogP contribution in [0.15, 0.2) is 17.5 Å². The average Bonchev–Trinajstić information content (AvgIpc) is 2.92. The smallest absolute Gasteiger partial charge is 0.306 e. The Bertz CT molecular complexity index is 447. The fourth-order valence-corrected chi connectivity index (χ4v) is 4.13. The summed E-state index contributed by atoms with van der Waals surface area (Å²) in [6.45, 7) is 0. The summed E-state index contributed by atoms with van der Waals surface area (Å²) in [5, 5.41) is 14.0. The van der Waals surface area contributed by atoms with Crippen LogP contribution in [0.2, 0.25) is 0 Å². The van der Waals surface area contributed by atoms with Crippen molar-refractivity contribution < 1.29 is 14.7 Å². The number of thioether (sulfide) groups is 1. The number of hydrogen-bond acceptors (Lipinski definition) is 4. The van der Waals surface area contributed by atoms with E-state index in [0.29, 0.717) is 12.2 Å². The van der Waals surface area contributed by atoms with Crippen molar-refractivity contribution in [3.05, 3.63) is 22.4 Å². The van der Waals surface area contributed by atoms with Crippen LogP contribution in [0.3, 0.4) is 0 Å². The Morgan fingerprint density at radius 1 is 1.45 bits per heavy atom. The highest BCUT2D eigenvalue weighted by atomic mass is 32.2. The maximum absolute atomic E-state index is 11.8. The number of rotatable bonds is 6. The number of carbonyl (C=O) groups is 2. The van der Waals surface area contributed by atoms with Crippen molar-refractivity contribution in [2.45, 2.75) is 37.5 Å². The van der Waals surface area contributed by atoms with Crippen LogP contribution in [-0.4, -0.2) is 28.8 Å². The first-order chi connectivity index (χ1) is 9.65. The van der Waals surface area contributed by atoms with Crippen LogP contribution in [0.1, 0.15) is 30.6 Å². The molecule has 1 saturated carbocycles. The van der Waals surface area contributed by atoms with Crippen molar-refractivity contribution >= 4 is 35.0 Å². The zero-order valence-electron chi connectivity index (χ0n) is 11.2. The van der Waals surface area contributed by atoms with Crippen molar-refractivity contribution in [2.75, 3.05) is 5.75 Å². The number of carbonyl (C=O) groups excluding carboxylic acids is 1. The summed E-state index contributed by atoms with van der Waals surface area (Å²) in [6, 6.07) is 4.10. The Morgan fingerprint density at radius 3 is 3.00 bits per heavy atom. The lowest BCUT2D eigenvalue weighted by molar-refractivity contribution is -0.143. The topological polar surface area (TPSA) is 66.4 Å². The Morgan fingerprint density at radius 2 is 2.30 bits per heavy atom. The fraction of sp³-hybridized carbons (Fsp3) is 0.571. The molecule has 0 aliphatic heterocycles. The van der Waals surface area contributed by atoms with Crippen molar-refractivity contribution in [2.24, 2.45) is 5.92 Å². The van der Waals surface area contributed by atoms with Crippen molar-refractivity contribution in [1.29, 1.82) is 0 Å². The summed E-state index contributed by atoms with van der Waals surface area (Å²) in [5.74, 6) is 0.269. The minimum Gasteiger partial charge on any atom is -0.481 e. The standard InChI is InChI=1S/C14H19NO3S2/c16-13(9-19-8-12-5-2-6-20-12)15-11-4-1-3-10(7-11)14(17)18/h2,5-6,10-11H,1,3-4,7-9H2,(H,15,16)(H,17,18). The zero-order valence-corrected chi connectivity index (χ0v) is 12.8. The lowest BCUT2D eigenvalue weighted by Crippen LogP contribution is -2.40. The molecule has 1 heterocycles. The number of nitrogens with one attached hydrogen (secondary N) is 1. The average molecular weight is 313 g/mol. The van der Waals surface area contributed by atoms with Gasteiger partial charge in [-0.3, -0.25) is 9.59 Å². The second-order valence-electron chi connectivity index (χ2n) is 5.04. The molecule has 1 amide bonds. The third-order valence-corrected chi connectivity index (χ3v) is 5.49. The second kappa shape index (κ2) is 7.69. The highest BCUT2D eigenvalue weighted by Gasteiger charge is 2.27. The molecule has 2 atom stereocenters. The molecule has 1 aromatic rings. The third kappa shape index (κ3) is 4.83. The van der Waals surface area contributed by atoms with Gasteiger partial charge in [0.15, 0.2) is 0 Å². The quantitative estimate of drug-likeness (QED) is 0.847. The largest absolute Gasteiger partial charge is 0.481 e. The van der Waals surface area contributed by atoms with Gasteiger partial charge in [0.25, 0.3) is 0 Å². The number of amides is 1. The van der Waals surface area contributed by atoms with Crippen LogP contribution in [0.5, 0.6) is 0 Å². The lowest BCUT2D eigenvalue weighted by Gasteiger charge is -2.27. The van der Waals surface area contributed by atoms with Gasteiger partial charge in [-0.2, -0.15) is 0 Å². The van der Waals surface area contributed by atoms with Crippen LogP contribution < -0.4 is 5.32 Å². The number of aliphatic carboxylic acids is 1. The van der Waals surface area contributed by atoms with Gasteiger partial charge in [-0.15, -0.1) is 23.1 Å². The van der Waals surface area contributed by atoms with Crippen LogP contribution >= 0.6 is 23.1 Å².